The third-order valence-electron chi connectivity index (χ3n) is 8.66. The van der Waals surface area contributed by atoms with Crippen LogP contribution in [0.3, 0.4) is 0 Å². The summed E-state index contributed by atoms with van der Waals surface area (Å²) in [5.74, 6) is -0.635. The molecule has 0 spiro atoms. The Morgan fingerprint density at radius 2 is 1.98 bits per heavy atom. The highest BCUT2D eigenvalue weighted by atomic mass is 16.5. The first-order valence-electron chi connectivity index (χ1n) is 15.6. The molecule has 3 heterocycles. The summed E-state index contributed by atoms with van der Waals surface area (Å²) in [6, 6.07) is 4.28. The average molecular weight is 629 g/mol. The number of nitrogens with zero attached hydrogens (tertiary/aromatic N) is 4. The van der Waals surface area contributed by atoms with Crippen molar-refractivity contribution in [1.29, 1.82) is 0 Å². The van der Waals surface area contributed by atoms with E-state index in [2.05, 4.69) is 36.8 Å². The van der Waals surface area contributed by atoms with E-state index in [1.807, 2.05) is 48.4 Å². The van der Waals surface area contributed by atoms with Gasteiger partial charge in [0.15, 0.2) is 0 Å². The molecule has 10 nitrogen and oxygen atoms in total. The molecule has 0 bridgehead atoms. The Kier molecular flexibility index (Phi) is 12.0. The maximum atomic E-state index is 13.3. The van der Waals surface area contributed by atoms with Crippen LogP contribution in [0.15, 0.2) is 77.4 Å². The van der Waals surface area contributed by atoms with Crippen molar-refractivity contribution < 1.29 is 23.8 Å². The first kappa shape index (κ1) is 34.3. The number of hydrogen-bond acceptors (Lipinski definition) is 7. The van der Waals surface area contributed by atoms with Crippen molar-refractivity contribution in [3.05, 3.63) is 105 Å². The molecule has 1 aromatic heterocycles. The van der Waals surface area contributed by atoms with Gasteiger partial charge in [0.1, 0.15) is 12.2 Å². The molecule has 2 aliphatic rings. The minimum atomic E-state index is -0.932. The summed E-state index contributed by atoms with van der Waals surface area (Å²) in [6.45, 7) is 14.8. The van der Waals surface area contributed by atoms with Crippen molar-refractivity contribution >= 4 is 17.5 Å². The van der Waals surface area contributed by atoms with E-state index in [-0.39, 0.29) is 23.4 Å². The fraction of sp³-hybridized carbons (Fsp3) is 0.417. The van der Waals surface area contributed by atoms with Gasteiger partial charge in [0.2, 0.25) is 5.88 Å². The third-order valence-corrected chi connectivity index (χ3v) is 8.66. The molecule has 0 aliphatic carbocycles. The molecule has 4 rings (SSSR count). The second-order valence-electron chi connectivity index (χ2n) is 11.7. The molecule has 2 amide bonds. The van der Waals surface area contributed by atoms with Gasteiger partial charge in [0.25, 0.3) is 5.91 Å². The molecular weight excluding hydrogens is 584 g/mol. The highest BCUT2D eigenvalue weighted by molar-refractivity contribution is 5.98. The van der Waals surface area contributed by atoms with Crippen molar-refractivity contribution in [2.45, 2.75) is 72.4 Å². The zero-order chi connectivity index (χ0) is 33.2. The maximum Gasteiger partial charge on any atom is 0.323 e. The zero-order valence-corrected chi connectivity index (χ0v) is 27.5. The van der Waals surface area contributed by atoms with Crippen LogP contribution in [-0.2, 0) is 22.5 Å². The minimum absolute atomic E-state index is 0.0106. The second kappa shape index (κ2) is 16.1. The number of amides is 2. The van der Waals surface area contributed by atoms with Crippen LogP contribution < -0.4 is 4.74 Å². The fourth-order valence-electron chi connectivity index (χ4n) is 5.78. The van der Waals surface area contributed by atoms with Gasteiger partial charge in [-0.25, -0.2) is 4.68 Å². The minimum Gasteiger partial charge on any atom is -0.497 e. The number of benzene rings is 1. The van der Waals surface area contributed by atoms with Gasteiger partial charge in [-0.1, -0.05) is 30.9 Å². The molecule has 0 unspecified atom stereocenters. The molecule has 244 valence electrons. The molecule has 1 aromatic carbocycles. The number of hydrogen-bond donors (Lipinski definition) is 0. The van der Waals surface area contributed by atoms with Crippen molar-refractivity contribution in [2.24, 2.45) is 5.18 Å². The highest BCUT2D eigenvalue weighted by Gasteiger charge is 2.32. The Labute approximate surface area is 271 Å². The molecular formula is C36H44N4O6. The summed E-state index contributed by atoms with van der Waals surface area (Å²) in [7, 11) is 1.40. The SMILES string of the molecule is C=C(/C=C\C=C(/C)n1ncc(C(=O)N=O)c1OC)/C(C)=C/CC/C(C)=C/OCc1ccc2c(c1C)CCN(C1CCOCC1)C2=O. The number of rotatable bonds is 13. The number of ether oxygens (including phenoxy) is 3. The molecule has 2 aromatic rings. The lowest BCUT2D eigenvalue weighted by atomic mass is 9.90. The van der Waals surface area contributed by atoms with Crippen LogP contribution in [0.5, 0.6) is 5.88 Å². The molecule has 0 saturated carbocycles. The number of nitroso groups, excluding NO2 is 1. The van der Waals surface area contributed by atoms with Crippen LogP contribution in [0.25, 0.3) is 5.70 Å². The lowest BCUT2D eigenvalue weighted by molar-refractivity contribution is 0.0276. The Morgan fingerprint density at radius 3 is 2.70 bits per heavy atom. The highest BCUT2D eigenvalue weighted by Crippen LogP contribution is 2.29. The molecule has 2 aliphatic heterocycles. The molecule has 1 fully saturated rings. The van der Waals surface area contributed by atoms with Crippen molar-refractivity contribution in [3.63, 3.8) is 0 Å². The van der Waals surface area contributed by atoms with Gasteiger partial charge in [-0.05, 0) is 105 Å². The molecule has 0 atom stereocenters. The van der Waals surface area contributed by atoms with Crippen LogP contribution in [0.1, 0.15) is 83.9 Å². The van der Waals surface area contributed by atoms with E-state index in [4.69, 9.17) is 14.2 Å². The topological polar surface area (TPSA) is 112 Å². The Balaban J connectivity index is 1.26. The summed E-state index contributed by atoms with van der Waals surface area (Å²) in [5.41, 5.74) is 8.00. The lowest BCUT2D eigenvalue weighted by Gasteiger charge is -2.38. The van der Waals surface area contributed by atoms with Gasteiger partial charge in [-0.2, -0.15) is 5.10 Å². The monoisotopic (exact) mass is 628 g/mol. The second-order valence-corrected chi connectivity index (χ2v) is 11.7. The molecule has 1 saturated heterocycles. The predicted octanol–water partition coefficient (Wildman–Crippen LogP) is 7.10. The van der Waals surface area contributed by atoms with Crippen molar-refractivity contribution in [1.82, 2.24) is 14.7 Å². The van der Waals surface area contributed by atoms with E-state index in [1.165, 1.54) is 18.0 Å². The number of carbonyl (C=O) groups is 2. The van der Waals surface area contributed by atoms with Crippen molar-refractivity contribution in [2.75, 3.05) is 26.9 Å². The smallest absolute Gasteiger partial charge is 0.323 e. The number of aromatic nitrogens is 2. The molecule has 10 heteroatoms. The number of fused-ring (bicyclic) bond motifs is 1. The van der Waals surface area contributed by atoms with Gasteiger partial charge in [0.05, 0.1) is 19.6 Å². The van der Waals surface area contributed by atoms with E-state index in [9.17, 15) is 14.5 Å². The van der Waals surface area contributed by atoms with E-state index in [0.29, 0.717) is 12.3 Å². The quantitative estimate of drug-likeness (QED) is 0.132. The van der Waals surface area contributed by atoms with E-state index < -0.39 is 5.91 Å². The first-order chi connectivity index (χ1) is 22.2. The first-order valence-corrected chi connectivity index (χ1v) is 15.6. The normalized spacial score (nSPS) is 16.5. The van der Waals surface area contributed by atoms with E-state index in [0.717, 1.165) is 90.8 Å². The number of allylic oxidation sites excluding steroid dienone is 8. The Hall–Kier alpha value is -4.57. The third kappa shape index (κ3) is 8.17. The fourth-order valence-corrected chi connectivity index (χ4v) is 5.78. The van der Waals surface area contributed by atoms with Gasteiger partial charge < -0.3 is 19.1 Å². The molecule has 0 radical (unpaired) electrons. The summed E-state index contributed by atoms with van der Waals surface area (Å²) < 4.78 is 18.1. The van der Waals surface area contributed by atoms with Crippen LogP contribution >= 0.6 is 0 Å². The average Bonchev–Trinajstić information content (AvgIpc) is 3.50. The number of methoxy groups -OCH3 is 1. The molecule has 46 heavy (non-hydrogen) atoms. The van der Waals surface area contributed by atoms with Crippen LogP contribution in [-0.4, -0.2) is 59.4 Å². The summed E-state index contributed by atoms with van der Waals surface area (Å²) >= 11 is 0. The lowest BCUT2D eigenvalue weighted by Crippen LogP contribution is -2.47. The van der Waals surface area contributed by atoms with E-state index in [1.54, 1.807) is 6.92 Å². The van der Waals surface area contributed by atoms with Crippen LogP contribution in [0.4, 0.5) is 0 Å². The van der Waals surface area contributed by atoms with Crippen LogP contribution in [0.2, 0.25) is 0 Å². The van der Waals surface area contributed by atoms with Gasteiger partial charge >= 0.3 is 5.91 Å². The predicted molar refractivity (Wildman–Crippen MR) is 178 cm³/mol. The van der Waals surface area contributed by atoms with Gasteiger partial charge in [-0.3, -0.25) is 9.59 Å². The summed E-state index contributed by atoms with van der Waals surface area (Å²) in [6.07, 6.45) is 15.2. The Morgan fingerprint density at radius 1 is 1.22 bits per heavy atom. The molecule has 0 N–H and O–H groups in total. The summed E-state index contributed by atoms with van der Waals surface area (Å²) in [4.78, 5) is 37.6. The number of carbonyl (C=O) groups excluding carboxylic acids is 2. The maximum absolute atomic E-state index is 13.3. The van der Waals surface area contributed by atoms with E-state index >= 15 is 0 Å². The van der Waals surface area contributed by atoms with Gasteiger partial charge in [0, 0.05) is 42.2 Å². The standard InChI is InChI=1S/C36H44N4O6/c1-24(9-7-10-25(2)26(3)11-8-12-27(4)40-36(44-6)33(21-37-40)34(41)38-43)22-46-23-29-13-14-32-31(28(29)5)15-18-39(35(32)42)30-16-19-45-20-17-30/h8,10-14,21-22,30H,3,7,9,15-20,23H2,1-2,4-6H3/b11-8-,24-22+,25-10+,27-12+. The van der Waals surface area contributed by atoms with Crippen molar-refractivity contribution in [3.8, 4) is 5.88 Å². The summed E-state index contributed by atoms with van der Waals surface area (Å²) in [5, 5.41) is 6.57. The largest absolute Gasteiger partial charge is 0.497 e. The zero-order valence-electron chi connectivity index (χ0n) is 27.5. The van der Waals surface area contributed by atoms with Gasteiger partial charge in [-0.15, -0.1) is 4.91 Å². The Bertz CT molecular complexity index is 1590. The van der Waals surface area contributed by atoms with Crippen LogP contribution in [0, 0.1) is 11.8 Å².